The molecule has 1 aliphatic heterocycles. The largest absolute Gasteiger partial charge is 0.480 e. The summed E-state index contributed by atoms with van der Waals surface area (Å²) >= 11 is 0. The van der Waals surface area contributed by atoms with Crippen molar-refractivity contribution in [2.24, 2.45) is 17.4 Å². The molecule has 0 amide bonds. The highest BCUT2D eigenvalue weighted by atomic mass is 16.4. The lowest BCUT2D eigenvalue weighted by Gasteiger charge is -2.25. The minimum Gasteiger partial charge on any atom is -0.480 e. The van der Waals surface area contributed by atoms with Gasteiger partial charge in [0.05, 0.1) is 0 Å². The third-order valence-corrected chi connectivity index (χ3v) is 3.38. The fourth-order valence-corrected chi connectivity index (χ4v) is 2.26. The Morgan fingerprint density at radius 3 is 2.61 bits per heavy atom. The maximum absolute atomic E-state index is 11.2. The number of hydrogen-bond donors (Lipinski definition) is 6. The van der Waals surface area contributed by atoms with Gasteiger partial charge in [-0.15, -0.1) is 0 Å². The summed E-state index contributed by atoms with van der Waals surface area (Å²) in [6.45, 7) is 0.309. The van der Waals surface area contributed by atoms with Crippen LogP contribution in [-0.4, -0.2) is 57.7 Å². The summed E-state index contributed by atoms with van der Waals surface area (Å²) in [5.41, 5.74) is 9.77. The van der Waals surface area contributed by atoms with Gasteiger partial charge in [-0.25, -0.2) is 0 Å². The number of carboxylic acid groups (broad SMARTS) is 1. The Morgan fingerprint density at radius 1 is 1.56 bits per heavy atom. The molecule has 0 radical (unpaired) electrons. The molecule has 0 aliphatic carbocycles. The van der Waals surface area contributed by atoms with Gasteiger partial charge in [-0.2, -0.15) is 0 Å². The van der Waals surface area contributed by atoms with E-state index in [4.69, 9.17) is 26.9 Å². The van der Waals surface area contributed by atoms with Gasteiger partial charge in [0.1, 0.15) is 5.54 Å². The molecule has 0 bridgehead atoms. The zero-order valence-corrected chi connectivity index (χ0v) is 10.0. The van der Waals surface area contributed by atoms with Crippen LogP contribution in [0, 0.1) is 11.3 Å². The van der Waals surface area contributed by atoms with E-state index in [1.807, 2.05) is 0 Å². The fraction of sp³-hybridized carbons (Fsp3) is 0.778. The number of rotatable bonds is 5. The van der Waals surface area contributed by atoms with Gasteiger partial charge in [0, 0.05) is 19.0 Å². The van der Waals surface area contributed by atoms with Crippen LogP contribution < -0.4 is 11.5 Å². The Hall–Kier alpha value is -1.32. The molecule has 1 heterocycles. The number of carboxylic acids is 1. The molecule has 1 saturated heterocycles. The third kappa shape index (κ3) is 3.12. The maximum Gasteiger partial charge on any atom is 0.451 e. The molecule has 0 aromatic heterocycles. The first-order chi connectivity index (χ1) is 8.27. The van der Waals surface area contributed by atoms with E-state index in [1.54, 1.807) is 0 Å². The Balaban J connectivity index is 2.67. The van der Waals surface area contributed by atoms with Crippen molar-refractivity contribution in [1.29, 1.82) is 5.41 Å². The van der Waals surface area contributed by atoms with E-state index < -0.39 is 18.6 Å². The fourth-order valence-electron chi connectivity index (χ4n) is 2.26. The number of aliphatic carboxylic acids is 1. The van der Waals surface area contributed by atoms with Gasteiger partial charge >= 0.3 is 13.1 Å². The van der Waals surface area contributed by atoms with Crippen molar-refractivity contribution in [1.82, 2.24) is 4.90 Å². The van der Waals surface area contributed by atoms with Crippen LogP contribution in [0.1, 0.15) is 12.8 Å². The molecule has 1 rings (SSSR count). The van der Waals surface area contributed by atoms with Crippen molar-refractivity contribution < 1.29 is 19.9 Å². The minimum atomic E-state index is -1.44. The van der Waals surface area contributed by atoms with E-state index in [1.165, 1.54) is 4.90 Å². The SMILES string of the molecule is N=C(N)N1C[C@H](CCCB(O)O)[C@](N)(C(=O)O)C1. The van der Waals surface area contributed by atoms with Crippen LogP contribution in [0.15, 0.2) is 0 Å². The zero-order valence-electron chi connectivity index (χ0n) is 10.0. The monoisotopic (exact) mass is 258 g/mol. The first kappa shape index (κ1) is 14.7. The highest BCUT2D eigenvalue weighted by Crippen LogP contribution is 2.30. The lowest BCUT2D eigenvalue weighted by Crippen LogP contribution is -2.55. The molecule has 9 heteroatoms. The Morgan fingerprint density at radius 2 is 2.17 bits per heavy atom. The van der Waals surface area contributed by atoms with E-state index >= 15 is 0 Å². The molecule has 1 aliphatic rings. The number of hydrogen-bond acceptors (Lipinski definition) is 5. The molecular formula is C9H19BN4O4. The van der Waals surface area contributed by atoms with Crippen LogP contribution in [0.2, 0.25) is 6.32 Å². The van der Waals surface area contributed by atoms with Crippen LogP contribution in [0.25, 0.3) is 0 Å². The number of likely N-dealkylation sites (tertiary alicyclic amines) is 1. The highest BCUT2D eigenvalue weighted by Gasteiger charge is 2.49. The van der Waals surface area contributed by atoms with Gasteiger partial charge in [-0.05, 0) is 12.7 Å². The van der Waals surface area contributed by atoms with E-state index in [0.29, 0.717) is 19.4 Å². The van der Waals surface area contributed by atoms with Crippen molar-refractivity contribution in [2.75, 3.05) is 13.1 Å². The molecule has 2 atom stereocenters. The molecule has 18 heavy (non-hydrogen) atoms. The summed E-state index contributed by atoms with van der Waals surface area (Å²) in [5, 5.41) is 34.0. The first-order valence-electron chi connectivity index (χ1n) is 5.74. The van der Waals surface area contributed by atoms with Crippen LogP contribution in [0.4, 0.5) is 0 Å². The summed E-state index contributed by atoms with van der Waals surface area (Å²) in [4.78, 5) is 12.7. The van der Waals surface area contributed by atoms with Crippen molar-refractivity contribution in [2.45, 2.75) is 24.7 Å². The van der Waals surface area contributed by atoms with Crippen molar-refractivity contribution in [3.63, 3.8) is 0 Å². The molecule has 0 aromatic carbocycles. The summed E-state index contributed by atoms with van der Waals surface area (Å²) in [6.07, 6.45) is 1.08. The topological polar surface area (TPSA) is 157 Å². The normalized spacial score (nSPS) is 27.3. The number of guanidine groups is 1. The molecule has 1 fully saturated rings. The van der Waals surface area contributed by atoms with Gasteiger partial charge in [-0.1, -0.05) is 6.42 Å². The number of carbonyl (C=O) groups is 1. The van der Waals surface area contributed by atoms with E-state index in [0.717, 1.165) is 0 Å². The lowest BCUT2D eigenvalue weighted by atomic mass is 9.78. The number of nitrogens with two attached hydrogens (primary N) is 2. The Labute approximate surface area is 105 Å². The predicted octanol–water partition coefficient (Wildman–Crippen LogP) is -2.15. The lowest BCUT2D eigenvalue weighted by molar-refractivity contribution is -0.144. The number of nitrogens with one attached hydrogen (secondary N) is 1. The van der Waals surface area contributed by atoms with Crippen molar-refractivity contribution in [3.05, 3.63) is 0 Å². The average Bonchev–Trinajstić information content (AvgIpc) is 2.57. The molecule has 8 N–H and O–H groups in total. The van der Waals surface area contributed by atoms with E-state index in [2.05, 4.69) is 0 Å². The first-order valence-corrected chi connectivity index (χ1v) is 5.74. The molecule has 0 aromatic rings. The predicted molar refractivity (Wildman–Crippen MR) is 65.8 cm³/mol. The molecule has 0 saturated carbocycles. The molecule has 8 nitrogen and oxygen atoms in total. The van der Waals surface area contributed by atoms with Gasteiger partial charge in [0.25, 0.3) is 0 Å². The summed E-state index contributed by atoms with van der Waals surface area (Å²) in [7, 11) is -1.40. The second kappa shape index (κ2) is 5.55. The summed E-state index contributed by atoms with van der Waals surface area (Å²) in [5.74, 6) is -1.69. The Kier molecular flexibility index (Phi) is 4.55. The smallest absolute Gasteiger partial charge is 0.451 e. The van der Waals surface area contributed by atoms with Crippen LogP contribution in [0.5, 0.6) is 0 Å². The van der Waals surface area contributed by atoms with Crippen molar-refractivity contribution >= 4 is 19.0 Å². The van der Waals surface area contributed by atoms with Crippen LogP contribution >= 0.6 is 0 Å². The van der Waals surface area contributed by atoms with Gasteiger partial charge in [0.15, 0.2) is 5.96 Å². The third-order valence-electron chi connectivity index (χ3n) is 3.38. The summed E-state index contributed by atoms with van der Waals surface area (Å²) < 4.78 is 0. The molecule has 0 unspecified atom stereocenters. The standard InChI is InChI=1S/C9H19BN4O4/c11-8(12)14-4-6(2-1-3-10(17)18)9(13,5-14)7(15)16/h6,17-18H,1-5,13H2,(H3,11,12)(H,15,16)/t6-,9-/m0/s1. The summed E-state index contributed by atoms with van der Waals surface area (Å²) in [6, 6.07) is 0. The maximum atomic E-state index is 11.2. The van der Waals surface area contributed by atoms with E-state index in [9.17, 15) is 9.90 Å². The second-order valence-corrected chi connectivity index (χ2v) is 4.72. The minimum absolute atomic E-state index is 0.00398. The molecule has 102 valence electrons. The van der Waals surface area contributed by atoms with Gasteiger partial charge in [0.2, 0.25) is 0 Å². The van der Waals surface area contributed by atoms with Gasteiger partial charge < -0.3 is 31.5 Å². The Bertz CT molecular complexity index is 341. The average molecular weight is 258 g/mol. The van der Waals surface area contributed by atoms with Crippen molar-refractivity contribution in [3.8, 4) is 0 Å². The zero-order chi connectivity index (χ0) is 13.9. The number of nitrogens with zero attached hydrogens (tertiary/aromatic N) is 1. The quantitative estimate of drug-likeness (QED) is 0.186. The highest BCUT2D eigenvalue weighted by molar-refractivity contribution is 6.40. The molecular weight excluding hydrogens is 239 g/mol. The van der Waals surface area contributed by atoms with E-state index in [-0.39, 0.29) is 24.7 Å². The van der Waals surface area contributed by atoms with Crippen LogP contribution in [-0.2, 0) is 4.79 Å². The second-order valence-electron chi connectivity index (χ2n) is 4.72. The molecule has 0 spiro atoms. The van der Waals surface area contributed by atoms with Crippen LogP contribution in [0.3, 0.4) is 0 Å². The van der Waals surface area contributed by atoms with Gasteiger partial charge in [-0.3, -0.25) is 10.2 Å².